The van der Waals surface area contributed by atoms with Crippen LogP contribution >= 0.6 is 0 Å². The Labute approximate surface area is 119 Å². The molecule has 2 aliphatic heterocycles. The van der Waals surface area contributed by atoms with Crippen LogP contribution in [-0.4, -0.2) is 36.0 Å². The molecule has 0 saturated carbocycles. The lowest BCUT2D eigenvalue weighted by Crippen LogP contribution is -2.44. The molecule has 0 aromatic heterocycles. The van der Waals surface area contributed by atoms with Gasteiger partial charge in [0.15, 0.2) is 0 Å². The highest BCUT2D eigenvalue weighted by atomic mass is 16.2. The summed E-state index contributed by atoms with van der Waals surface area (Å²) in [6.45, 7) is 2.22. The summed E-state index contributed by atoms with van der Waals surface area (Å²) in [7, 11) is 0. The summed E-state index contributed by atoms with van der Waals surface area (Å²) in [5, 5.41) is 12.4. The molecule has 3 rings (SSSR count). The molecule has 0 spiro atoms. The molecule has 1 amide bonds. The Hall–Kier alpha value is -1.86. The van der Waals surface area contributed by atoms with Crippen molar-refractivity contribution in [1.29, 1.82) is 5.26 Å². The molecule has 2 fully saturated rings. The molecule has 4 heteroatoms. The number of fused-ring (bicyclic) bond motifs is 1. The van der Waals surface area contributed by atoms with Crippen LogP contribution < -0.4 is 5.32 Å². The summed E-state index contributed by atoms with van der Waals surface area (Å²) in [5.41, 5.74) is 0.772. The number of nitriles is 1. The molecular weight excluding hydrogens is 250 g/mol. The largest absolute Gasteiger partial charge is 0.350 e. The van der Waals surface area contributed by atoms with Crippen molar-refractivity contribution < 1.29 is 4.79 Å². The van der Waals surface area contributed by atoms with E-state index < -0.39 is 5.92 Å². The molecule has 1 aromatic rings. The van der Waals surface area contributed by atoms with Gasteiger partial charge < -0.3 is 5.32 Å². The van der Waals surface area contributed by atoms with E-state index in [0.717, 1.165) is 31.5 Å². The zero-order chi connectivity index (χ0) is 13.9. The van der Waals surface area contributed by atoms with E-state index in [4.69, 9.17) is 0 Å². The number of hydrogen-bond donors (Lipinski definition) is 1. The number of carbonyl (C=O) groups is 1. The second-order valence-electron chi connectivity index (χ2n) is 5.62. The maximum absolute atomic E-state index is 12.4. The quantitative estimate of drug-likeness (QED) is 0.907. The van der Waals surface area contributed by atoms with Crippen LogP contribution in [0.2, 0.25) is 0 Å². The van der Waals surface area contributed by atoms with Gasteiger partial charge in [0, 0.05) is 18.6 Å². The third kappa shape index (κ3) is 2.41. The monoisotopic (exact) mass is 269 g/mol. The highest BCUT2D eigenvalue weighted by Gasteiger charge is 2.38. The third-order valence-electron chi connectivity index (χ3n) is 4.46. The molecular formula is C16H19N3O. The Morgan fingerprint density at radius 1 is 1.30 bits per heavy atom. The Morgan fingerprint density at radius 3 is 2.85 bits per heavy atom. The molecule has 0 bridgehead atoms. The molecule has 4 nitrogen and oxygen atoms in total. The minimum atomic E-state index is -0.702. The summed E-state index contributed by atoms with van der Waals surface area (Å²) in [5.74, 6) is -0.857. The maximum atomic E-state index is 12.4. The Kier molecular flexibility index (Phi) is 3.70. The van der Waals surface area contributed by atoms with Crippen LogP contribution in [0.1, 0.15) is 30.7 Å². The summed E-state index contributed by atoms with van der Waals surface area (Å²) in [6.07, 6.45) is 3.38. The van der Waals surface area contributed by atoms with Crippen LogP contribution in [0, 0.1) is 11.3 Å². The van der Waals surface area contributed by atoms with Gasteiger partial charge in [-0.2, -0.15) is 5.26 Å². The molecule has 2 heterocycles. The third-order valence-corrected chi connectivity index (χ3v) is 4.46. The normalized spacial score (nSPS) is 26.8. The highest BCUT2D eigenvalue weighted by molar-refractivity contribution is 5.86. The van der Waals surface area contributed by atoms with Gasteiger partial charge in [-0.1, -0.05) is 30.3 Å². The van der Waals surface area contributed by atoms with Crippen LogP contribution in [0.4, 0.5) is 0 Å². The fourth-order valence-corrected chi connectivity index (χ4v) is 3.45. The Bertz CT molecular complexity index is 522. The standard InChI is InChI=1S/C16H19N3O/c17-11-13(12-5-2-1-3-6-12)16(20)18-14-8-10-19-9-4-7-15(14)19/h1-3,5-6,13-15H,4,7-10H2,(H,18,20). The zero-order valence-electron chi connectivity index (χ0n) is 11.5. The maximum Gasteiger partial charge on any atom is 0.242 e. The lowest BCUT2D eigenvalue weighted by Gasteiger charge is -2.22. The Morgan fingerprint density at radius 2 is 2.10 bits per heavy atom. The van der Waals surface area contributed by atoms with Crippen LogP contribution in [0.25, 0.3) is 0 Å². The minimum Gasteiger partial charge on any atom is -0.350 e. The minimum absolute atomic E-state index is 0.155. The molecule has 20 heavy (non-hydrogen) atoms. The number of hydrogen-bond acceptors (Lipinski definition) is 3. The van der Waals surface area contributed by atoms with Gasteiger partial charge >= 0.3 is 0 Å². The van der Waals surface area contributed by atoms with Crippen molar-refractivity contribution in [1.82, 2.24) is 10.2 Å². The highest BCUT2D eigenvalue weighted by Crippen LogP contribution is 2.28. The van der Waals surface area contributed by atoms with Crippen molar-refractivity contribution in [2.45, 2.75) is 37.3 Å². The van der Waals surface area contributed by atoms with Crippen molar-refractivity contribution in [3.05, 3.63) is 35.9 Å². The van der Waals surface area contributed by atoms with Crippen molar-refractivity contribution in [2.75, 3.05) is 13.1 Å². The van der Waals surface area contributed by atoms with E-state index in [-0.39, 0.29) is 11.9 Å². The van der Waals surface area contributed by atoms with E-state index in [1.165, 1.54) is 6.42 Å². The molecule has 3 atom stereocenters. The fourth-order valence-electron chi connectivity index (χ4n) is 3.45. The predicted molar refractivity (Wildman–Crippen MR) is 75.9 cm³/mol. The summed E-state index contributed by atoms with van der Waals surface area (Å²) in [6, 6.07) is 12.1. The number of rotatable bonds is 3. The van der Waals surface area contributed by atoms with Crippen molar-refractivity contribution in [2.24, 2.45) is 0 Å². The molecule has 0 aliphatic carbocycles. The van der Waals surface area contributed by atoms with E-state index in [0.29, 0.717) is 6.04 Å². The second-order valence-corrected chi connectivity index (χ2v) is 5.62. The number of amides is 1. The molecule has 104 valence electrons. The molecule has 2 aliphatic rings. The topological polar surface area (TPSA) is 56.1 Å². The molecule has 1 N–H and O–H groups in total. The van der Waals surface area contributed by atoms with Gasteiger partial charge in [0.25, 0.3) is 0 Å². The van der Waals surface area contributed by atoms with Crippen LogP contribution in [-0.2, 0) is 4.79 Å². The number of nitrogens with zero attached hydrogens (tertiary/aromatic N) is 2. The first kappa shape index (κ1) is 13.1. The fraction of sp³-hybridized carbons (Fsp3) is 0.500. The van der Waals surface area contributed by atoms with Crippen LogP contribution in [0.15, 0.2) is 30.3 Å². The van der Waals surface area contributed by atoms with Crippen LogP contribution in [0.5, 0.6) is 0 Å². The first-order valence-corrected chi connectivity index (χ1v) is 7.28. The molecule has 3 unspecified atom stereocenters. The van der Waals surface area contributed by atoms with E-state index in [9.17, 15) is 10.1 Å². The summed E-state index contributed by atoms with van der Waals surface area (Å²) < 4.78 is 0. The molecule has 1 aromatic carbocycles. The second kappa shape index (κ2) is 5.64. The number of nitrogens with one attached hydrogen (secondary N) is 1. The van der Waals surface area contributed by atoms with E-state index in [1.54, 1.807) is 0 Å². The first-order chi connectivity index (χ1) is 9.79. The molecule has 2 saturated heterocycles. The van der Waals surface area contributed by atoms with Gasteiger partial charge in [0.1, 0.15) is 5.92 Å². The van der Waals surface area contributed by atoms with E-state index in [2.05, 4.69) is 16.3 Å². The first-order valence-electron chi connectivity index (χ1n) is 7.28. The van der Waals surface area contributed by atoms with Gasteiger partial charge in [0.2, 0.25) is 5.91 Å². The number of benzene rings is 1. The zero-order valence-corrected chi connectivity index (χ0v) is 11.5. The van der Waals surface area contributed by atoms with E-state index in [1.807, 2.05) is 30.3 Å². The van der Waals surface area contributed by atoms with Gasteiger partial charge in [-0.25, -0.2) is 0 Å². The summed E-state index contributed by atoms with van der Waals surface area (Å²) in [4.78, 5) is 14.8. The SMILES string of the molecule is N#CC(C(=O)NC1CCN2CCCC12)c1ccccc1. The average Bonchev–Trinajstić information content (AvgIpc) is 3.06. The Balaban J connectivity index is 1.68. The molecule has 0 radical (unpaired) electrons. The van der Waals surface area contributed by atoms with Crippen molar-refractivity contribution in [3.8, 4) is 6.07 Å². The lowest BCUT2D eigenvalue weighted by molar-refractivity contribution is -0.122. The van der Waals surface area contributed by atoms with Gasteiger partial charge in [0.05, 0.1) is 6.07 Å². The lowest BCUT2D eigenvalue weighted by atomic mass is 9.98. The number of carbonyl (C=O) groups excluding carboxylic acids is 1. The average molecular weight is 269 g/mol. The van der Waals surface area contributed by atoms with Gasteiger partial charge in [-0.05, 0) is 31.4 Å². The van der Waals surface area contributed by atoms with Gasteiger partial charge in [-0.15, -0.1) is 0 Å². The smallest absolute Gasteiger partial charge is 0.242 e. The van der Waals surface area contributed by atoms with Crippen molar-refractivity contribution in [3.63, 3.8) is 0 Å². The van der Waals surface area contributed by atoms with Crippen molar-refractivity contribution >= 4 is 5.91 Å². The van der Waals surface area contributed by atoms with Crippen LogP contribution in [0.3, 0.4) is 0 Å². The van der Waals surface area contributed by atoms with Gasteiger partial charge in [-0.3, -0.25) is 9.69 Å². The van der Waals surface area contributed by atoms with E-state index >= 15 is 0 Å². The predicted octanol–water partition coefficient (Wildman–Crippen LogP) is 1.65. The summed E-state index contributed by atoms with van der Waals surface area (Å²) >= 11 is 0.